The second kappa shape index (κ2) is 9.68. The van der Waals surface area contributed by atoms with Gasteiger partial charge in [-0.25, -0.2) is 18.4 Å². The molecule has 3 amide bonds. The van der Waals surface area contributed by atoms with Gasteiger partial charge in [-0.15, -0.1) is 0 Å². The van der Waals surface area contributed by atoms with Gasteiger partial charge in [-0.3, -0.25) is 14.5 Å². The van der Waals surface area contributed by atoms with Gasteiger partial charge in [-0.1, -0.05) is 6.07 Å². The summed E-state index contributed by atoms with van der Waals surface area (Å²) in [7, 11) is -3.81. The van der Waals surface area contributed by atoms with Crippen molar-refractivity contribution in [2.24, 2.45) is 11.1 Å². The summed E-state index contributed by atoms with van der Waals surface area (Å²) in [6.07, 6.45) is 2.77. The molecule has 3 unspecified atom stereocenters. The molecule has 0 radical (unpaired) electrons. The lowest BCUT2D eigenvalue weighted by atomic mass is 10.1. The second-order valence-corrected chi connectivity index (χ2v) is 14.5. The van der Waals surface area contributed by atoms with Crippen molar-refractivity contribution in [2.45, 2.75) is 99.6 Å². The summed E-state index contributed by atoms with van der Waals surface area (Å²) in [4.78, 5) is 45.8. The van der Waals surface area contributed by atoms with E-state index in [0.717, 1.165) is 17.5 Å². The summed E-state index contributed by atoms with van der Waals surface area (Å²) in [5, 5.41) is 17.7. The lowest BCUT2D eigenvalue weighted by Gasteiger charge is -2.39. The normalized spacial score (nSPS) is 31.0. The van der Waals surface area contributed by atoms with Gasteiger partial charge in [0.05, 0.1) is 23.0 Å². The molecule has 1 aromatic carbocycles. The van der Waals surface area contributed by atoms with E-state index in [4.69, 9.17) is 9.88 Å². The molecule has 3 aliphatic heterocycles. The molecule has 0 aromatic heterocycles. The van der Waals surface area contributed by atoms with E-state index in [-0.39, 0.29) is 41.4 Å². The zero-order chi connectivity index (χ0) is 29.4. The topological polar surface area (TPSA) is 166 Å². The molecule has 2 aliphatic carbocycles. The molecule has 6 rings (SSSR count). The summed E-state index contributed by atoms with van der Waals surface area (Å²) < 4.78 is 29.0. The molecule has 5 aliphatic rings. The summed E-state index contributed by atoms with van der Waals surface area (Å²) in [6, 6.07) is 5.01. The van der Waals surface area contributed by atoms with Crippen molar-refractivity contribution in [1.82, 2.24) is 20.0 Å². The standard InChI is InChI=1S/C28H36N6O6S/c1-28(2,3)40-27(37)31-21(25(35)33-17(12-29)8-16-10-23(16)33)14-32-13-18-11-24(32)26(36)34(18)22-7-4-15-9-19(41(30,38)39)5-6-20(15)22/h5-6,9,16-18,21-24H,4,7-8,10-11,13-14H2,1-3H3,(H,31,37)(H2,30,38,39)/t16?,17-,18?,21-,22+,23?,24-/m0/s1. The van der Waals surface area contributed by atoms with Crippen LogP contribution in [0.3, 0.4) is 0 Å². The first kappa shape index (κ1) is 27.9. The number of nitrogens with two attached hydrogens (primary N) is 1. The van der Waals surface area contributed by atoms with E-state index in [0.29, 0.717) is 38.1 Å². The van der Waals surface area contributed by atoms with Crippen LogP contribution < -0.4 is 10.5 Å². The molecule has 3 saturated heterocycles. The van der Waals surface area contributed by atoms with Crippen LogP contribution in [-0.2, 0) is 30.8 Å². The highest BCUT2D eigenvalue weighted by Crippen LogP contribution is 2.48. The Morgan fingerprint density at radius 2 is 1.98 bits per heavy atom. The molecule has 2 bridgehead atoms. The van der Waals surface area contributed by atoms with Gasteiger partial charge in [0.15, 0.2) is 0 Å². The van der Waals surface area contributed by atoms with Crippen molar-refractivity contribution in [3.05, 3.63) is 29.3 Å². The second-order valence-electron chi connectivity index (χ2n) is 13.0. The Morgan fingerprint density at radius 3 is 2.63 bits per heavy atom. The van der Waals surface area contributed by atoms with Crippen LogP contribution in [0, 0.1) is 17.2 Å². The van der Waals surface area contributed by atoms with Crippen molar-refractivity contribution in [2.75, 3.05) is 13.1 Å². The third-order valence-corrected chi connectivity index (χ3v) is 9.96. The van der Waals surface area contributed by atoms with Gasteiger partial charge in [0.2, 0.25) is 21.8 Å². The minimum absolute atomic E-state index is 0.0273. The smallest absolute Gasteiger partial charge is 0.408 e. The van der Waals surface area contributed by atoms with E-state index in [1.165, 1.54) is 6.07 Å². The first-order valence-corrected chi connectivity index (χ1v) is 15.7. The fourth-order valence-corrected chi connectivity index (χ4v) is 7.84. The van der Waals surface area contributed by atoms with Crippen LogP contribution >= 0.6 is 0 Å². The molecule has 220 valence electrons. The fraction of sp³-hybridized carbons (Fsp3) is 0.643. The fourth-order valence-electron chi connectivity index (χ4n) is 7.28. The van der Waals surface area contributed by atoms with Crippen molar-refractivity contribution < 1.29 is 27.5 Å². The molecule has 13 heteroatoms. The van der Waals surface area contributed by atoms with Gasteiger partial charge in [0.25, 0.3) is 0 Å². The van der Waals surface area contributed by atoms with Gasteiger partial charge in [0.1, 0.15) is 17.7 Å². The summed E-state index contributed by atoms with van der Waals surface area (Å²) in [6.45, 7) is 5.92. The summed E-state index contributed by atoms with van der Waals surface area (Å²) >= 11 is 0. The minimum atomic E-state index is -3.81. The maximum Gasteiger partial charge on any atom is 0.408 e. The Labute approximate surface area is 239 Å². The van der Waals surface area contributed by atoms with Crippen LogP contribution in [-0.4, -0.2) is 89.9 Å². The number of nitrogens with zero attached hydrogens (tertiary/aromatic N) is 4. The number of hydrogen-bond acceptors (Lipinski definition) is 8. The minimum Gasteiger partial charge on any atom is -0.444 e. The van der Waals surface area contributed by atoms with Crippen molar-refractivity contribution in [1.29, 1.82) is 5.26 Å². The number of likely N-dealkylation sites (tertiary alicyclic amines) is 3. The number of nitriles is 1. The number of fused-ring (bicyclic) bond motifs is 4. The number of piperazine rings is 1. The van der Waals surface area contributed by atoms with Crippen LogP contribution in [0.15, 0.2) is 23.1 Å². The van der Waals surface area contributed by atoms with Gasteiger partial charge in [-0.2, -0.15) is 5.26 Å². The lowest BCUT2D eigenvalue weighted by Crippen LogP contribution is -2.59. The van der Waals surface area contributed by atoms with Crippen LogP contribution in [0.5, 0.6) is 0 Å². The number of carbonyl (C=O) groups excluding carboxylic acids is 3. The van der Waals surface area contributed by atoms with Crippen LogP contribution in [0.2, 0.25) is 0 Å². The van der Waals surface area contributed by atoms with E-state index in [1.807, 2.05) is 9.80 Å². The van der Waals surface area contributed by atoms with Crippen molar-refractivity contribution in [3.63, 3.8) is 0 Å². The first-order chi connectivity index (χ1) is 19.2. The first-order valence-electron chi connectivity index (χ1n) is 14.2. The maximum atomic E-state index is 13.8. The summed E-state index contributed by atoms with van der Waals surface area (Å²) in [5.41, 5.74) is 1.08. The molecule has 4 fully saturated rings. The third-order valence-electron chi connectivity index (χ3n) is 9.05. The monoisotopic (exact) mass is 584 g/mol. The number of nitrogens with one attached hydrogen (secondary N) is 1. The number of sulfonamides is 1. The number of benzene rings is 1. The van der Waals surface area contributed by atoms with Crippen molar-refractivity contribution >= 4 is 27.9 Å². The summed E-state index contributed by atoms with van der Waals surface area (Å²) in [5.74, 6) is -0.00895. The number of primary sulfonamides is 1. The highest BCUT2D eigenvalue weighted by molar-refractivity contribution is 7.89. The van der Waals surface area contributed by atoms with Gasteiger partial charge in [-0.05, 0) is 82.1 Å². The van der Waals surface area contributed by atoms with E-state index in [2.05, 4.69) is 11.4 Å². The van der Waals surface area contributed by atoms with Crippen LogP contribution in [0.4, 0.5) is 4.79 Å². The number of aryl methyl sites for hydroxylation is 1. The Kier molecular flexibility index (Phi) is 6.59. The number of amides is 3. The Hall–Kier alpha value is -3.21. The van der Waals surface area contributed by atoms with E-state index in [1.54, 1.807) is 37.8 Å². The molecule has 1 saturated carbocycles. The molecular weight excluding hydrogens is 548 g/mol. The van der Waals surface area contributed by atoms with Gasteiger partial charge >= 0.3 is 6.09 Å². The van der Waals surface area contributed by atoms with Crippen LogP contribution in [0.1, 0.15) is 63.6 Å². The SMILES string of the molecule is CC(C)(C)OC(=O)N[C@@H](CN1CC2C[C@H]1C(=O)N2[C@@H]1CCc2cc(S(N)(=O)=O)ccc21)C(=O)N1C2CC2C[C@H]1C#N. The molecule has 12 nitrogen and oxygen atoms in total. The largest absolute Gasteiger partial charge is 0.444 e. The number of ether oxygens (including phenoxy) is 1. The predicted molar refractivity (Wildman–Crippen MR) is 145 cm³/mol. The number of hydrogen-bond donors (Lipinski definition) is 2. The van der Waals surface area contributed by atoms with E-state index >= 15 is 0 Å². The zero-order valence-corrected chi connectivity index (χ0v) is 24.3. The average Bonchev–Trinajstić information content (AvgIpc) is 3.21. The molecular formula is C28H36N6O6S. The van der Waals surface area contributed by atoms with Gasteiger partial charge in [0, 0.05) is 25.2 Å². The maximum absolute atomic E-state index is 13.8. The number of carbonyl (C=O) groups is 3. The average molecular weight is 585 g/mol. The molecule has 3 N–H and O–H groups in total. The third kappa shape index (κ3) is 5.06. The van der Waals surface area contributed by atoms with E-state index < -0.39 is 39.8 Å². The predicted octanol–water partition coefficient (Wildman–Crippen LogP) is 1.01. The lowest BCUT2D eigenvalue weighted by molar-refractivity contribution is -0.141. The zero-order valence-electron chi connectivity index (χ0n) is 23.4. The molecule has 1 aromatic rings. The molecule has 7 atom stereocenters. The number of piperidine rings is 1. The van der Waals surface area contributed by atoms with Crippen molar-refractivity contribution in [3.8, 4) is 6.07 Å². The van der Waals surface area contributed by atoms with Gasteiger partial charge < -0.3 is 19.9 Å². The Balaban J connectivity index is 1.18. The highest BCUT2D eigenvalue weighted by atomic mass is 32.2. The Bertz CT molecular complexity index is 1450. The molecule has 41 heavy (non-hydrogen) atoms. The molecule has 0 spiro atoms. The van der Waals surface area contributed by atoms with Crippen LogP contribution in [0.25, 0.3) is 0 Å². The molecule has 3 heterocycles. The highest BCUT2D eigenvalue weighted by Gasteiger charge is 2.57. The number of alkyl carbamates (subject to hydrolysis) is 1. The van der Waals surface area contributed by atoms with E-state index in [9.17, 15) is 28.1 Å². The number of rotatable bonds is 6. The Morgan fingerprint density at radius 1 is 1.22 bits per heavy atom. The quantitative estimate of drug-likeness (QED) is 0.500.